The number of aromatic nitrogens is 2. The zero-order valence-corrected chi connectivity index (χ0v) is 19.9. The molecule has 0 saturated carbocycles. The summed E-state index contributed by atoms with van der Waals surface area (Å²) >= 11 is 18.8. The van der Waals surface area contributed by atoms with Crippen molar-refractivity contribution in [3.8, 4) is 17.1 Å². The van der Waals surface area contributed by atoms with Crippen molar-refractivity contribution in [2.24, 2.45) is 7.05 Å². The van der Waals surface area contributed by atoms with Crippen LogP contribution < -0.4 is 4.74 Å². The number of ether oxygens (including phenoxy) is 1. The lowest BCUT2D eigenvalue weighted by Gasteiger charge is -2.39. The summed E-state index contributed by atoms with van der Waals surface area (Å²) in [4.78, 5) is 0. The standard InChI is InChI=1S/C18H19Cl3F3N4O2P/c1-26-5-4-6-27(2)31(26,29)14(20)8-10-7-11(13(22)9-12(10)19)16-15(21)17(28(3)25-16)30-18(23)24/h7-9,18H,4-6H2,1-3H3. The van der Waals surface area contributed by atoms with E-state index in [1.807, 2.05) is 0 Å². The molecule has 13 heteroatoms. The van der Waals surface area contributed by atoms with Gasteiger partial charge in [-0.15, -0.1) is 0 Å². The normalized spacial score (nSPS) is 18.1. The van der Waals surface area contributed by atoms with E-state index in [4.69, 9.17) is 34.8 Å². The third-order valence-electron chi connectivity index (χ3n) is 4.92. The molecule has 0 amide bonds. The Kier molecular flexibility index (Phi) is 7.35. The molecule has 1 saturated heterocycles. The minimum absolute atomic E-state index is 0.0180. The number of nitrogens with zero attached hydrogens (tertiary/aromatic N) is 4. The lowest BCUT2D eigenvalue weighted by molar-refractivity contribution is -0.0552. The molecule has 1 aromatic carbocycles. The van der Waals surface area contributed by atoms with Crippen LogP contribution in [0.4, 0.5) is 13.2 Å². The van der Waals surface area contributed by atoms with Gasteiger partial charge in [0, 0.05) is 25.7 Å². The number of alkyl halides is 2. The summed E-state index contributed by atoms with van der Waals surface area (Å²) in [7, 11) is 1.55. The zero-order valence-electron chi connectivity index (χ0n) is 16.8. The fourth-order valence-corrected chi connectivity index (χ4v) is 7.03. The van der Waals surface area contributed by atoms with E-state index in [0.717, 1.165) is 17.2 Å². The van der Waals surface area contributed by atoms with E-state index in [0.29, 0.717) is 13.1 Å². The van der Waals surface area contributed by atoms with Crippen LogP contribution in [0.3, 0.4) is 0 Å². The quantitative estimate of drug-likeness (QED) is 0.447. The van der Waals surface area contributed by atoms with Gasteiger partial charge in [-0.3, -0.25) is 4.57 Å². The molecule has 1 aromatic heterocycles. The van der Waals surface area contributed by atoms with Gasteiger partial charge in [0.15, 0.2) is 0 Å². The molecule has 2 heterocycles. The minimum Gasteiger partial charge on any atom is -0.416 e. The highest BCUT2D eigenvalue weighted by Crippen LogP contribution is 2.62. The fraction of sp³-hybridized carbons (Fsp3) is 0.389. The van der Waals surface area contributed by atoms with Gasteiger partial charge in [0.05, 0.1) is 5.02 Å². The van der Waals surface area contributed by atoms with Gasteiger partial charge in [-0.2, -0.15) is 13.9 Å². The molecule has 0 radical (unpaired) electrons. The van der Waals surface area contributed by atoms with Crippen molar-refractivity contribution in [2.75, 3.05) is 27.2 Å². The Bertz CT molecular complexity index is 1070. The Labute approximate surface area is 192 Å². The van der Waals surface area contributed by atoms with E-state index in [-0.39, 0.29) is 31.6 Å². The largest absolute Gasteiger partial charge is 0.416 e. The van der Waals surface area contributed by atoms with Crippen LogP contribution in [0, 0.1) is 5.82 Å². The van der Waals surface area contributed by atoms with Crippen LogP contribution in [-0.4, -0.2) is 52.9 Å². The number of rotatable bonds is 5. The van der Waals surface area contributed by atoms with Crippen molar-refractivity contribution in [2.45, 2.75) is 13.0 Å². The van der Waals surface area contributed by atoms with E-state index >= 15 is 0 Å². The molecule has 0 unspecified atom stereocenters. The van der Waals surface area contributed by atoms with Gasteiger partial charge in [0.25, 0.3) is 7.44 Å². The molecular formula is C18H19Cl3F3N4O2P. The van der Waals surface area contributed by atoms with E-state index < -0.39 is 25.8 Å². The third-order valence-corrected chi connectivity index (χ3v) is 9.30. The number of benzene rings is 1. The van der Waals surface area contributed by atoms with Crippen molar-refractivity contribution in [1.29, 1.82) is 0 Å². The van der Waals surface area contributed by atoms with Gasteiger partial charge < -0.3 is 4.74 Å². The van der Waals surface area contributed by atoms with Crippen LogP contribution in [0.25, 0.3) is 17.3 Å². The Morgan fingerprint density at radius 1 is 1.23 bits per heavy atom. The molecule has 0 aliphatic carbocycles. The molecule has 2 aromatic rings. The molecule has 170 valence electrons. The first kappa shape index (κ1) is 24.4. The summed E-state index contributed by atoms with van der Waals surface area (Å²) in [6, 6.07) is 2.34. The van der Waals surface area contributed by atoms with Crippen LogP contribution in [0.5, 0.6) is 5.88 Å². The first-order valence-electron chi connectivity index (χ1n) is 9.04. The highest BCUT2D eigenvalue weighted by atomic mass is 35.5. The monoisotopic (exact) mass is 516 g/mol. The van der Waals surface area contributed by atoms with E-state index in [9.17, 15) is 17.7 Å². The topological polar surface area (TPSA) is 50.6 Å². The second-order valence-electron chi connectivity index (χ2n) is 6.95. The van der Waals surface area contributed by atoms with E-state index in [2.05, 4.69) is 9.84 Å². The van der Waals surface area contributed by atoms with Crippen molar-refractivity contribution in [3.63, 3.8) is 0 Å². The van der Waals surface area contributed by atoms with Gasteiger partial charge >= 0.3 is 6.61 Å². The molecule has 1 fully saturated rings. The second-order valence-corrected chi connectivity index (χ2v) is 11.3. The average Bonchev–Trinajstić information content (AvgIpc) is 2.95. The third kappa shape index (κ3) is 4.63. The summed E-state index contributed by atoms with van der Waals surface area (Å²) in [6.45, 7) is -1.93. The lowest BCUT2D eigenvalue weighted by Crippen LogP contribution is -2.34. The summed E-state index contributed by atoms with van der Waals surface area (Å²) < 4.78 is 62.2. The number of halogens is 6. The maximum absolute atomic E-state index is 14.7. The molecule has 1 aliphatic heterocycles. The summed E-state index contributed by atoms with van der Waals surface area (Å²) in [5, 5.41) is 3.72. The smallest absolute Gasteiger partial charge is 0.388 e. The van der Waals surface area contributed by atoms with Crippen molar-refractivity contribution >= 4 is 48.3 Å². The molecule has 0 spiro atoms. The molecule has 3 rings (SSSR count). The molecular weight excluding hydrogens is 499 g/mol. The van der Waals surface area contributed by atoms with Crippen LogP contribution in [-0.2, 0) is 11.6 Å². The predicted molar refractivity (Wildman–Crippen MR) is 117 cm³/mol. The maximum Gasteiger partial charge on any atom is 0.388 e. The molecule has 31 heavy (non-hydrogen) atoms. The van der Waals surface area contributed by atoms with Crippen LogP contribution in [0.15, 0.2) is 16.9 Å². The predicted octanol–water partition coefficient (Wildman–Crippen LogP) is 6.13. The van der Waals surface area contributed by atoms with Crippen molar-refractivity contribution < 1.29 is 22.5 Å². The molecule has 0 bridgehead atoms. The maximum atomic E-state index is 14.7. The summed E-state index contributed by atoms with van der Waals surface area (Å²) in [5.74, 6) is -1.19. The molecule has 0 N–H and O–H groups in total. The fourth-order valence-electron chi connectivity index (χ4n) is 3.32. The van der Waals surface area contributed by atoms with Gasteiger partial charge in [-0.05, 0) is 44.3 Å². The summed E-state index contributed by atoms with van der Waals surface area (Å²) in [6.07, 6.45) is 2.24. The Balaban J connectivity index is 2.09. The highest BCUT2D eigenvalue weighted by Gasteiger charge is 2.38. The Hall–Kier alpha value is -1.22. The number of hydrogen-bond acceptors (Lipinski definition) is 3. The van der Waals surface area contributed by atoms with Gasteiger partial charge in [-0.25, -0.2) is 18.4 Å². The Morgan fingerprint density at radius 2 is 1.84 bits per heavy atom. The first-order valence-corrected chi connectivity index (χ1v) is 11.8. The number of hydrogen-bond donors (Lipinski definition) is 0. The summed E-state index contributed by atoms with van der Waals surface area (Å²) in [5.41, 5.74) is 0.0514. The second kappa shape index (κ2) is 9.33. The Morgan fingerprint density at radius 3 is 2.42 bits per heavy atom. The molecule has 0 atom stereocenters. The van der Waals surface area contributed by atoms with Gasteiger partial charge in [-0.1, -0.05) is 34.8 Å². The van der Waals surface area contributed by atoms with Gasteiger partial charge in [0.2, 0.25) is 5.88 Å². The first-order chi connectivity index (χ1) is 14.5. The van der Waals surface area contributed by atoms with Crippen LogP contribution in [0.1, 0.15) is 12.0 Å². The molecule has 1 aliphatic rings. The van der Waals surface area contributed by atoms with Crippen LogP contribution >= 0.6 is 42.2 Å². The lowest BCUT2D eigenvalue weighted by atomic mass is 10.1. The van der Waals surface area contributed by atoms with Crippen LogP contribution in [0.2, 0.25) is 10.0 Å². The van der Waals surface area contributed by atoms with Crippen molar-refractivity contribution in [3.05, 3.63) is 38.3 Å². The molecule has 6 nitrogen and oxygen atoms in total. The average molecular weight is 518 g/mol. The van der Waals surface area contributed by atoms with E-state index in [1.165, 1.54) is 19.2 Å². The van der Waals surface area contributed by atoms with E-state index in [1.54, 1.807) is 23.4 Å². The van der Waals surface area contributed by atoms with Crippen molar-refractivity contribution in [1.82, 2.24) is 19.1 Å². The zero-order chi connectivity index (χ0) is 23.1. The SMILES string of the molecule is CN1CCCN(C)P1(=O)C(Cl)=Cc1cc(-c2nn(C)c(OC(F)F)c2Cl)c(F)cc1Cl. The number of aryl methyl sites for hydroxylation is 1. The van der Waals surface area contributed by atoms with Gasteiger partial charge in [0.1, 0.15) is 21.3 Å². The minimum atomic E-state index is -3.21. The highest BCUT2D eigenvalue weighted by molar-refractivity contribution is 7.66.